The fourth-order valence-corrected chi connectivity index (χ4v) is 4.05. The van der Waals surface area contributed by atoms with E-state index in [2.05, 4.69) is 21.8 Å². The van der Waals surface area contributed by atoms with Gasteiger partial charge in [0.15, 0.2) is 16.8 Å². The fourth-order valence-electron chi connectivity index (χ4n) is 3.23. The Kier molecular flexibility index (Phi) is 6.89. The summed E-state index contributed by atoms with van der Waals surface area (Å²) < 4.78 is 7.02. The second kappa shape index (κ2) is 9.58. The van der Waals surface area contributed by atoms with Gasteiger partial charge in [0.1, 0.15) is 0 Å². The topological polar surface area (TPSA) is 89.9 Å². The van der Waals surface area contributed by atoms with Gasteiger partial charge in [-0.25, -0.2) is 4.79 Å². The van der Waals surface area contributed by atoms with Gasteiger partial charge in [-0.15, -0.1) is 16.8 Å². The Balaban J connectivity index is 1.80. The number of hydrogen-bond donors (Lipinski definition) is 1. The standard InChI is InChI=1S/C22H24N4O3S/c1-5-12-26-20(16-10-8-7-9-11-16)24-25-22(26)30-13-17(27)19-14(3)18(15(4)23-19)21(28)29-6-2/h5,7-11,23H,1,6,12-13H2,2-4H3. The van der Waals surface area contributed by atoms with Crippen molar-refractivity contribution in [1.29, 1.82) is 0 Å². The highest BCUT2D eigenvalue weighted by molar-refractivity contribution is 7.99. The SMILES string of the molecule is C=CCn1c(SCC(=O)c2[nH]c(C)c(C(=O)OCC)c2C)nnc1-c1ccccc1. The summed E-state index contributed by atoms with van der Waals surface area (Å²) in [6, 6.07) is 9.75. The minimum atomic E-state index is -0.423. The number of thioether (sulfide) groups is 1. The molecule has 0 spiro atoms. The van der Waals surface area contributed by atoms with Gasteiger partial charge >= 0.3 is 5.97 Å². The van der Waals surface area contributed by atoms with Gasteiger partial charge in [0.2, 0.25) is 0 Å². The first-order valence-corrected chi connectivity index (χ1v) is 10.6. The van der Waals surface area contributed by atoms with Crippen LogP contribution in [-0.4, -0.2) is 43.9 Å². The molecule has 0 atom stereocenters. The average Bonchev–Trinajstić information content (AvgIpc) is 3.27. The average molecular weight is 425 g/mol. The van der Waals surface area contributed by atoms with Gasteiger partial charge in [0.25, 0.3) is 0 Å². The number of benzene rings is 1. The fraction of sp³-hybridized carbons (Fsp3) is 0.273. The molecule has 8 heteroatoms. The molecule has 3 rings (SSSR count). The maximum Gasteiger partial charge on any atom is 0.340 e. The monoisotopic (exact) mass is 424 g/mol. The van der Waals surface area contributed by atoms with Gasteiger partial charge in [0.05, 0.1) is 23.6 Å². The lowest BCUT2D eigenvalue weighted by Gasteiger charge is -2.07. The quantitative estimate of drug-likeness (QED) is 0.239. The Morgan fingerprint density at radius 1 is 1.23 bits per heavy atom. The number of allylic oxidation sites excluding steroid dienone is 1. The van der Waals surface area contributed by atoms with Gasteiger partial charge in [-0.3, -0.25) is 9.36 Å². The lowest BCUT2D eigenvalue weighted by atomic mass is 10.1. The van der Waals surface area contributed by atoms with Crippen molar-refractivity contribution in [3.05, 3.63) is 65.5 Å². The third-order valence-electron chi connectivity index (χ3n) is 4.59. The smallest absolute Gasteiger partial charge is 0.340 e. The summed E-state index contributed by atoms with van der Waals surface area (Å²) >= 11 is 1.30. The molecule has 156 valence electrons. The van der Waals surface area contributed by atoms with E-state index in [-0.39, 0.29) is 18.1 Å². The van der Waals surface area contributed by atoms with Gasteiger partial charge < -0.3 is 9.72 Å². The summed E-state index contributed by atoms with van der Waals surface area (Å²) in [6.45, 7) is 9.88. The van der Waals surface area contributed by atoms with E-state index in [1.165, 1.54) is 11.8 Å². The number of aromatic amines is 1. The molecule has 0 radical (unpaired) electrons. The van der Waals surface area contributed by atoms with Crippen LogP contribution >= 0.6 is 11.8 Å². The van der Waals surface area contributed by atoms with Crippen molar-refractivity contribution in [2.45, 2.75) is 32.5 Å². The summed E-state index contributed by atoms with van der Waals surface area (Å²) in [5, 5.41) is 9.20. The van der Waals surface area contributed by atoms with Crippen molar-refractivity contribution in [1.82, 2.24) is 19.7 Å². The number of esters is 1. The van der Waals surface area contributed by atoms with E-state index in [1.54, 1.807) is 26.8 Å². The number of aromatic nitrogens is 4. The number of nitrogens with one attached hydrogen (secondary N) is 1. The number of H-pyrrole nitrogens is 1. The Morgan fingerprint density at radius 3 is 2.63 bits per heavy atom. The van der Waals surface area contributed by atoms with E-state index < -0.39 is 5.97 Å². The van der Waals surface area contributed by atoms with Crippen molar-refractivity contribution < 1.29 is 14.3 Å². The van der Waals surface area contributed by atoms with E-state index in [0.717, 1.165) is 11.4 Å². The van der Waals surface area contributed by atoms with Crippen LogP contribution in [0.4, 0.5) is 0 Å². The predicted molar refractivity (Wildman–Crippen MR) is 117 cm³/mol. The lowest BCUT2D eigenvalue weighted by Crippen LogP contribution is -2.09. The van der Waals surface area contributed by atoms with Crippen LogP contribution in [0.15, 0.2) is 48.1 Å². The molecule has 0 amide bonds. The van der Waals surface area contributed by atoms with Crippen molar-refractivity contribution >= 4 is 23.5 Å². The number of ether oxygens (including phenoxy) is 1. The first-order chi connectivity index (χ1) is 14.5. The van der Waals surface area contributed by atoms with Gasteiger partial charge in [0, 0.05) is 17.8 Å². The summed E-state index contributed by atoms with van der Waals surface area (Å²) in [5.41, 5.74) is 3.02. The molecule has 0 unspecified atom stereocenters. The van der Waals surface area contributed by atoms with Crippen LogP contribution in [0.1, 0.15) is 39.0 Å². The molecule has 1 aromatic carbocycles. The summed E-state index contributed by atoms with van der Waals surface area (Å²) in [5.74, 6) is 0.342. The van der Waals surface area contributed by atoms with Crippen molar-refractivity contribution in [3.8, 4) is 11.4 Å². The van der Waals surface area contributed by atoms with E-state index in [4.69, 9.17) is 4.74 Å². The van der Waals surface area contributed by atoms with Crippen molar-refractivity contribution in [2.24, 2.45) is 0 Å². The first-order valence-electron chi connectivity index (χ1n) is 9.59. The zero-order valence-corrected chi connectivity index (χ0v) is 18.1. The minimum Gasteiger partial charge on any atom is -0.462 e. The second-order valence-corrected chi connectivity index (χ2v) is 7.57. The van der Waals surface area contributed by atoms with Gasteiger partial charge in [-0.05, 0) is 26.3 Å². The number of ketones is 1. The summed E-state index contributed by atoms with van der Waals surface area (Å²) in [6.07, 6.45) is 1.77. The Morgan fingerprint density at radius 2 is 1.97 bits per heavy atom. The molecule has 0 saturated carbocycles. The third kappa shape index (κ3) is 4.38. The van der Waals surface area contributed by atoms with Crippen LogP contribution in [0.5, 0.6) is 0 Å². The Labute approximate surface area is 179 Å². The van der Waals surface area contributed by atoms with E-state index in [0.29, 0.717) is 34.2 Å². The van der Waals surface area contributed by atoms with Gasteiger partial charge in [-0.1, -0.05) is 48.2 Å². The van der Waals surface area contributed by atoms with Crippen LogP contribution in [0.2, 0.25) is 0 Å². The van der Waals surface area contributed by atoms with E-state index in [1.807, 2.05) is 34.9 Å². The second-order valence-electron chi connectivity index (χ2n) is 6.63. The lowest BCUT2D eigenvalue weighted by molar-refractivity contribution is 0.0525. The number of carbonyl (C=O) groups excluding carboxylic acids is 2. The van der Waals surface area contributed by atoms with Crippen LogP contribution < -0.4 is 0 Å². The van der Waals surface area contributed by atoms with Crippen LogP contribution in [0.25, 0.3) is 11.4 Å². The normalized spacial score (nSPS) is 10.8. The van der Waals surface area contributed by atoms with E-state index in [9.17, 15) is 9.59 Å². The number of hydrogen-bond acceptors (Lipinski definition) is 6. The van der Waals surface area contributed by atoms with Crippen LogP contribution in [0, 0.1) is 13.8 Å². The summed E-state index contributed by atoms with van der Waals surface area (Å²) in [4.78, 5) is 28.1. The maximum atomic E-state index is 12.8. The molecule has 30 heavy (non-hydrogen) atoms. The molecule has 0 bridgehead atoms. The molecule has 0 aliphatic rings. The molecular formula is C22H24N4O3S. The number of aryl methyl sites for hydroxylation is 1. The van der Waals surface area contributed by atoms with Crippen molar-refractivity contribution in [3.63, 3.8) is 0 Å². The summed E-state index contributed by atoms with van der Waals surface area (Å²) in [7, 11) is 0. The molecule has 0 aliphatic carbocycles. The van der Waals surface area contributed by atoms with Crippen LogP contribution in [0.3, 0.4) is 0 Å². The molecule has 0 saturated heterocycles. The van der Waals surface area contributed by atoms with Crippen molar-refractivity contribution in [2.75, 3.05) is 12.4 Å². The molecule has 2 aromatic heterocycles. The third-order valence-corrected chi connectivity index (χ3v) is 5.56. The molecule has 0 fully saturated rings. The highest BCUT2D eigenvalue weighted by Gasteiger charge is 2.23. The molecule has 2 heterocycles. The maximum absolute atomic E-state index is 12.8. The molecule has 1 N–H and O–H groups in total. The molecule has 7 nitrogen and oxygen atoms in total. The molecule has 3 aromatic rings. The van der Waals surface area contributed by atoms with E-state index >= 15 is 0 Å². The number of carbonyl (C=O) groups is 2. The van der Waals surface area contributed by atoms with Crippen LogP contribution in [-0.2, 0) is 11.3 Å². The highest BCUT2D eigenvalue weighted by Crippen LogP contribution is 2.26. The number of Topliss-reactive ketones (excluding diaryl/α,β-unsaturated/α-hetero) is 1. The Hall–Kier alpha value is -3.13. The highest BCUT2D eigenvalue weighted by atomic mass is 32.2. The number of rotatable bonds is 9. The van der Waals surface area contributed by atoms with Gasteiger partial charge in [-0.2, -0.15) is 0 Å². The molecule has 0 aliphatic heterocycles. The largest absolute Gasteiger partial charge is 0.462 e. The zero-order valence-electron chi connectivity index (χ0n) is 17.3. The minimum absolute atomic E-state index is 0.120. The Bertz CT molecular complexity index is 1070. The predicted octanol–water partition coefficient (Wildman–Crippen LogP) is 4.23. The first kappa shape index (κ1) is 21.6. The zero-order chi connectivity index (χ0) is 21.7. The number of nitrogens with zero attached hydrogens (tertiary/aromatic N) is 3. The molecular weight excluding hydrogens is 400 g/mol.